The van der Waals surface area contributed by atoms with Gasteiger partial charge in [-0.3, -0.25) is 4.79 Å². The lowest BCUT2D eigenvalue weighted by Gasteiger charge is -2.21. The molecule has 0 aliphatic carbocycles. The minimum atomic E-state index is -1.08. The summed E-state index contributed by atoms with van der Waals surface area (Å²) >= 11 is 0. The van der Waals surface area contributed by atoms with Crippen molar-refractivity contribution < 1.29 is 14.7 Å². The van der Waals surface area contributed by atoms with E-state index in [0.29, 0.717) is 5.82 Å². The number of aliphatic carboxylic acids is 1. The van der Waals surface area contributed by atoms with Crippen LogP contribution in [0.15, 0.2) is 17.5 Å². The predicted molar refractivity (Wildman–Crippen MR) is 62.8 cm³/mol. The van der Waals surface area contributed by atoms with Crippen molar-refractivity contribution in [2.24, 2.45) is 5.10 Å². The molecule has 0 aromatic carbocycles. The van der Waals surface area contributed by atoms with E-state index in [1.807, 2.05) is 17.7 Å². The molecule has 2 rings (SSSR count). The normalized spacial score (nSPS) is 15.7. The SMILES string of the molecule is CCn1ccnc1CN1N=C(C(=O)O)CCC1=O. The van der Waals surface area contributed by atoms with E-state index >= 15 is 0 Å². The van der Waals surface area contributed by atoms with Gasteiger partial charge in [0.15, 0.2) is 0 Å². The number of amides is 1. The van der Waals surface area contributed by atoms with E-state index in [1.54, 1.807) is 6.20 Å². The Morgan fingerprint density at radius 2 is 2.28 bits per heavy atom. The van der Waals surface area contributed by atoms with Gasteiger partial charge in [-0.25, -0.2) is 14.8 Å². The van der Waals surface area contributed by atoms with E-state index in [9.17, 15) is 9.59 Å². The largest absolute Gasteiger partial charge is 0.477 e. The van der Waals surface area contributed by atoms with Crippen LogP contribution in [0.5, 0.6) is 0 Å². The fourth-order valence-electron chi connectivity index (χ4n) is 1.79. The van der Waals surface area contributed by atoms with Crippen molar-refractivity contribution in [3.05, 3.63) is 18.2 Å². The minimum absolute atomic E-state index is 0.0178. The average molecular weight is 250 g/mol. The molecule has 2 heterocycles. The molecule has 1 aromatic heterocycles. The molecule has 7 heteroatoms. The lowest BCUT2D eigenvalue weighted by Crippen LogP contribution is -2.34. The Hall–Kier alpha value is -2.18. The molecule has 0 fully saturated rings. The highest BCUT2D eigenvalue weighted by atomic mass is 16.4. The Morgan fingerprint density at radius 1 is 1.50 bits per heavy atom. The summed E-state index contributed by atoms with van der Waals surface area (Å²) in [5.41, 5.74) is 0.0178. The van der Waals surface area contributed by atoms with Gasteiger partial charge in [0.1, 0.15) is 18.1 Å². The lowest BCUT2D eigenvalue weighted by molar-refractivity contribution is -0.133. The van der Waals surface area contributed by atoms with Crippen LogP contribution < -0.4 is 0 Å². The summed E-state index contributed by atoms with van der Waals surface area (Å²) in [6.45, 7) is 2.92. The van der Waals surface area contributed by atoms with Crippen molar-refractivity contribution >= 4 is 17.6 Å². The van der Waals surface area contributed by atoms with Crippen molar-refractivity contribution in [3.8, 4) is 0 Å². The second-order valence-corrected chi connectivity index (χ2v) is 3.93. The number of hydrogen-bond acceptors (Lipinski definition) is 4. The van der Waals surface area contributed by atoms with Crippen LogP contribution in [0.4, 0.5) is 0 Å². The van der Waals surface area contributed by atoms with Gasteiger partial charge in [-0.05, 0) is 6.92 Å². The number of hydrazone groups is 1. The summed E-state index contributed by atoms with van der Waals surface area (Å²) in [4.78, 5) is 26.7. The van der Waals surface area contributed by atoms with Gasteiger partial charge in [-0.2, -0.15) is 5.10 Å². The Kier molecular flexibility index (Phi) is 3.40. The van der Waals surface area contributed by atoms with Crippen LogP contribution in [-0.2, 0) is 22.7 Å². The third kappa shape index (κ3) is 2.39. The highest BCUT2D eigenvalue weighted by Crippen LogP contribution is 2.13. The molecular weight excluding hydrogens is 236 g/mol. The lowest BCUT2D eigenvalue weighted by atomic mass is 10.2. The monoisotopic (exact) mass is 250 g/mol. The fraction of sp³-hybridized carbons (Fsp3) is 0.455. The van der Waals surface area contributed by atoms with Gasteiger partial charge in [0, 0.05) is 31.8 Å². The number of imidazole rings is 1. The van der Waals surface area contributed by atoms with Crippen LogP contribution in [-0.4, -0.2) is 37.3 Å². The molecule has 1 amide bonds. The van der Waals surface area contributed by atoms with Crippen molar-refractivity contribution in [3.63, 3.8) is 0 Å². The van der Waals surface area contributed by atoms with Gasteiger partial charge in [-0.1, -0.05) is 0 Å². The number of carboxylic acid groups (broad SMARTS) is 1. The molecule has 0 radical (unpaired) electrons. The van der Waals surface area contributed by atoms with Crippen molar-refractivity contribution in [2.75, 3.05) is 0 Å². The van der Waals surface area contributed by atoms with Gasteiger partial charge < -0.3 is 9.67 Å². The molecule has 0 unspecified atom stereocenters. The first kappa shape index (κ1) is 12.3. The highest BCUT2D eigenvalue weighted by Gasteiger charge is 2.25. The van der Waals surface area contributed by atoms with Crippen LogP contribution in [0.25, 0.3) is 0 Å². The molecule has 7 nitrogen and oxygen atoms in total. The summed E-state index contributed by atoms with van der Waals surface area (Å²) in [7, 11) is 0. The molecule has 0 spiro atoms. The number of aromatic nitrogens is 2. The Bertz CT molecular complexity index is 506. The molecule has 96 valence electrons. The van der Waals surface area contributed by atoms with Crippen LogP contribution in [0.2, 0.25) is 0 Å². The second kappa shape index (κ2) is 4.99. The summed E-state index contributed by atoms with van der Waals surface area (Å²) in [5, 5.41) is 13.9. The summed E-state index contributed by atoms with van der Waals surface area (Å²) in [5.74, 6) is -0.557. The summed E-state index contributed by atoms with van der Waals surface area (Å²) in [6.07, 6.45) is 3.82. The van der Waals surface area contributed by atoms with Crippen LogP contribution >= 0.6 is 0 Å². The number of rotatable bonds is 4. The number of nitrogens with zero attached hydrogens (tertiary/aromatic N) is 4. The van der Waals surface area contributed by atoms with E-state index in [0.717, 1.165) is 6.54 Å². The maximum Gasteiger partial charge on any atom is 0.352 e. The topological polar surface area (TPSA) is 87.8 Å². The Morgan fingerprint density at radius 3 is 2.94 bits per heavy atom. The van der Waals surface area contributed by atoms with Gasteiger partial charge in [0.25, 0.3) is 0 Å². The molecule has 0 saturated heterocycles. The van der Waals surface area contributed by atoms with Gasteiger partial charge in [-0.15, -0.1) is 0 Å². The first-order valence-corrected chi connectivity index (χ1v) is 5.73. The first-order valence-electron chi connectivity index (χ1n) is 5.73. The van der Waals surface area contributed by atoms with E-state index in [-0.39, 0.29) is 31.0 Å². The summed E-state index contributed by atoms with van der Waals surface area (Å²) in [6, 6.07) is 0. The molecule has 1 aliphatic heterocycles. The molecule has 1 aromatic rings. The third-order valence-electron chi connectivity index (χ3n) is 2.79. The average Bonchev–Trinajstić information content (AvgIpc) is 2.79. The molecule has 1 N–H and O–H groups in total. The maximum atomic E-state index is 11.7. The molecule has 0 atom stereocenters. The maximum absolute atomic E-state index is 11.7. The number of carboxylic acids is 1. The van der Waals surface area contributed by atoms with Gasteiger partial charge in [0.2, 0.25) is 5.91 Å². The third-order valence-corrected chi connectivity index (χ3v) is 2.79. The Balaban J connectivity index is 2.19. The van der Waals surface area contributed by atoms with E-state index in [4.69, 9.17) is 5.11 Å². The van der Waals surface area contributed by atoms with E-state index < -0.39 is 5.97 Å². The number of carbonyl (C=O) groups excluding carboxylic acids is 1. The quantitative estimate of drug-likeness (QED) is 0.841. The molecule has 0 bridgehead atoms. The van der Waals surface area contributed by atoms with Crippen LogP contribution in [0.3, 0.4) is 0 Å². The Labute approximate surface area is 104 Å². The van der Waals surface area contributed by atoms with Gasteiger partial charge >= 0.3 is 5.97 Å². The molecule has 18 heavy (non-hydrogen) atoms. The number of aryl methyl sites for hydroxylation is 1. The van der Waals surface area contributed by atoms with Crippen molar-refractivity contribution in [1.82, 2.24) is 14.6 Å². The number of carbonyl (C=O) groups is 2. The van der Waals surface area contributed by atoms with Crippen molar-refractivity contribution in [2.45, 2.75) is 32.9 Å². The smallest absolute Gasteiger partial charge is 0.352 e. The fourth-order valence-corrected chi connectivity index (χ4v) is 1.79. The van der Waals surface area contributed by atoms with E-state index in [1.165, 1.54) is 5.01 Å². The second-order valence-electron chi connectivity index (χ2n) is 3.93. The number of hydrogen-bond donors (Lipinski definition) is 1. The summed E-state index contributed by atoms with van der Waals surface area (Å²) < 4.78 is 1.89. The minimum Gasteiger partial charge on any atom is -0.477 e. The molecule has 0 saturated carbocycles. The highest BCUT2D eigenvalue weighted by molar-refractivity contribution is 6.36. The molecular formula is C11H14N4O3. The molecule has 1 aliphatic rings. The predicted octanol–water partition coefficient (Wildman–Crippen LogP) is 0.466. The van der Waals surface area contributed by atoms with Gasteiger partial charge in [0.05, 0.1) is 0 Å². The zero-order valence-corrected chi connectivity index (χ0v) is 10.0. The van der Waals surface area contributed by atoms with Crippen LogP contribution in [0, 0.1) is 0 Å². The first-order chi connectivity index (χ1) is 8.61. The van der Waals surface area contributed by atoms with Crippen LogP contribution in [0.1, 0.15) is 25.6 Å². The zero-order valence-electron chi connectivity index (χ0n) is 10.0. The van der Waals surface area contributed by atoms with E-state index in [2.05, 4.69) is 10.1 Å². The van der Waals surface area contributed by atoms with Crippen molar-refractivity contribution in [1.29, 1.82) is 0 Å². The standard InChI is InChI=1S/C11H14N4O3/c1-2-14-6-5-12-9(14)7-15-10(16)4-3-8(13-15)11(17)18/h5-6H,2-4,7H2,1H3,(H,17,18). The zero-order chi connectivity index (χ0) is 13.1.